The van der Waals surface area contributed by atoms with Gasteiger partial charge >= 0.3 is 0 Å². The third-order valence-corrected chi connectivity index (χ3v) is 2.47. The SMILES string of the molecule is O=C(CNCCc1ccco1)Nc1ccccc1. The minimum Gasteiger partial charge on any atom is -0.469 e. The number of nitrogens with one attached hydrogen (secondary N) is 2. The molecule has 1 amide bonds. The molecular formula is C14H16N2O2. The van der Waals surface area contributed by atoms with E-state index in [2.05, 4.69) is 10.6 Å². The highest BCUT2D eigenvalue weighted by Gasteiger charge is 2.01. The average Bonchev–Trinajstić information content (AvgIpc) is 2.89. The van der Waals surface area contributed by atoms with Gasteiger partial charge in [-0.15, -0.1) is 0 Å². The normalized spacial score (nSPS) is 10.2. The van der Waals surface area contributed by atoms with E-state index in [-0.39, 0.29) is 5.91 Å². The predicted molar refractivity (Wildman–Crippen MR) is 70.4 cm³/mol. The fourth-order valence-corrected chi connectivity index (χ4v) is 1.60. The summed E-state index contributed by atoms with van der Waals surface area (Å²) < 4.78 is 5.20. The number of benzene rings is 1. The zero-order chi connectivity index (χ0) is 12.6. The zero-order valence-corrected chi connectivity index (χ0v) is 10.1. The molecule has 94 valence electrons. The van der Waals surface area contributed by atoms with Gasteiger partial charge < -0.3 is 15.1 Å². The van der Waals surface area contributed by atoms with E-state index in [1.165, 1.54) is 0 Å². The van der Waals surface area contributed by atoms with Gasteiger partial charge in [-0.25, -0.2) is 0 Å². The van der Waals surface area contributed by atoms with Crippen molar-refractivity contribution in [2.75, 3.05) is 18.4 Å². The van der Waals surface area contributed by atoms with Crippen LogP contribution in [0.1, 0.15) is 5.76 Å². The highest BCUT2D eigenvalue weighted by atomic mass is 16.3. The molecule has 18 heavy (non-hydrogen) atoms. The first-order chi connectivity index (χ1) is 8.84. The Balaban J connectivity index is 1.63. The molecule has 2 N–H and O–H groups in total. The molecule has 2 rings (SSSR count). The van der Waals surface area contributed by atoms with E-state index in [9.17, 15) is 4.79 Å². The molecule has 0 atom stereocenters. The maximum atomic E-state index is 11.6. The van der Waals surface area contributed by atoms with E-state index in [4.69, 9.17) is 4.42 Å². The fourth-order valence-electron chi connectivity index (χ4n) is 1.60. The van der Waals surface area contributed by atoms with Crippen LogP contribution in [0.25, 0.3) is 0 Å². The summed E-state index contributed by atoms with van der Waals surface area (Å²) in [5, 5.41) is 5.88. The van der Waals surface area contributed by atoms with E-state index in [1.54, 1.807) is 6.26 Å². The van der Waals surface area contributed by atoms with Crippen molar-refractivity contribution in [2.45, 2.75) is 6.42 Å². The topological polar surface area (TPSA) is 54.3 Å². The second-order valence-electron chi connectivity index (χ2n) is 3.92. The van der Waals surface area contributed by atoms with E-state index < -0.39 is 0 Å². The summed E-state index contributed by atoms with van der Waals surface area (Å²) in [6.45, 7) is 1.02. The minimum absolute atomic E-state index is 0.0411. The molecule has 1 aromatic carbocycles. The Morgan fingerprint density at radius 3 is 2.67 bits per heavy atom. The number of amides is 1. The van der Waals surface area contributed by atoms with Crippen molar-refractivity contribution in [3.8, 4) is 0 Å². The van der Waals surface area contributed by atoms with Gasteiger partial charge in [0, 0.05) is 18.7 Å². The molecule has 0 aliphatic carbocycles. The number of anilines is 1. The lowest BCUT2D eigenvalue weighted by Crippen LogP contribution is -2.29. The molecule has 0 spiro atoms. The summed E-state index contributed by atoms with van der Waals surface area (Å²) in [5.41, 5.74) is 0.815. The molecule has 0 saturated heterocycles. The first kappa shape index (κ1) is 12.4. The molecule has 1 heterocycles. The standard InChI is InChI=1S/C14H16N2O2/c17-14(16-12-5-2-1-3-6-12)11-15-9-8-13-7-4-10-18-13/h1-7,10,15H,8-9,11H2,(H,16,17). The molecule has 0 bridgehead atoms. The number of para-hydroxylation sites is 1. The second kappa shape index (κ2) is 6.61. The van der Waals surface area contributed by atoms with Gasteiger partial charge in [-0.3, -0.25) is 4.79 Å². The van der Waals surface area contributed by atoms with E-state index in [0.29, 0.717) is 6.54 Å². The smallest absolute Gasteiger partial charge is 0.238 e. The zero-order valence-electron chi connectivity index (χ0n) is 10.1. The van der Waals surface area contributed by atoms with Gasteiger partial charge in [-0.05, 0) is 24.3 Å². The molecule has 0 saturated carbocycles. The Kier molecular flexibility index (Phi) is 4.55. The average molecular weight is 244 g/mol. The Morgan fingerprint density at radius 1 is 1.11 bits per heavy atom. The summed E-state index contributed by atoms with van der Waals surface area (Å²) in [6, 6.07) is 13.2. The lowest BCUT2D eigenvalue weighted by molar-refractivity contribution is -0.115. The predicted octanol–water partition coefficient (Wildman–Crippen LogP) is 2.05. The van der Waals surface area contributed by atoms with Crippen LogP contribution in [0.4, 0.5) is 5.69 Å². The van der Waals surface area contributed by atoms with Crippen LogP contribution in [0.15, 0.2) is 53.1 Å². The molecule has 0 aliphatic heterocycles. The van der Waals surface area contributed by atoms with Crippen molar-refractivity contribution in [2.24, 2.45) is 0 Å². The molecule has 2 aromatic rings. The number of hydrogen-bond acceptors (Lipinski definition) is 3. The van der Waals surface area contributed by atoms with Gasteiger partial charge in [0.2, 0.25) is 5.91 Å². The van der Waals surface area contributed by atoms with Gasteiger partial charge in [0.15, 0.2) is 0 Å². The maximum Gasteiger partial charge on any atom is 0.238 e. The Labute approximate surface area is 106 Å². The van der Waals surface area contributed by atoms with Crippen molar-refractivity contribution in [1.29, 1.82) is 0 Å². The van der Waals surface area contributed by atoms with Crippen molar-refractivity contribution in [3.63, 3.8) is 0 Å². The largest absolute Gasteiger partial charge is 0.469 e. The van der Waals surface area contributed by atoms with Crippen LogP contribution in [0, 0.1) is 0 Å². The van der Waals surface area contributed by atoms with Gasteiger partial charge in [0.25, 0.3) is 0 Å². The second-order valence-corrected chi connectivity index (χ2v) is 3.92. The van der Waals surface area contributed by atoms with Crippen LogP contribution in [-0.4, -0.2) is 19.0 Å². The third-order valence-electron chi connectivity index (χ3n) is 2.47. The van der Waals surface area contributed by atoms with E-state index >= 15 is 0 Å². The monoisotopic (exact) mass is 244 g/mol. The highest BCUT2D eigenvalue weighted by molar-refractivity contribution is 5.92. The first-order valence-electron chi connectivity index (χ1n) is 5.92. The molecule has 1 aromatic heterocycles. The summed E-state index contributed by atoms with van der Waals surface area (Å²) in [4.78, 5) is 11.6. The number of rotatable bonds is 6. The number of hydrogen-bond donors (Lipinski definition) is 2. The molecule has 4 heteroatoms. The molecule has 0 radical (unpaired) electrons. The number of carbonyl (C=O) groups is 1. The quantitative estimate of drug-likeness (QED) is 0.765. The lowest BCUT2D eigenvalue weighted by Gasteiger charge is -2.05. The van der Waals surface area contributed by atoms with Crippen LogP contribution in [0.2, 0.25) is 0 Å². The van der Waals surface area contributed by atoms with Gasteiger partial charge in [-0.1, -0.05) is 18.2 Å². The van der Waals surface area contributed by atoms with Crippen LogP contribution in [0.3, 0.4) is 0 Å². The van der Waals surface area contributed by atoms with Gasteiger partial charge in [0.05, 0.1) is 12.8 Å². The summed E-state index contributed by atoms with van der Waals surface area (Å²) in [5.74, 6) is 0.881. The Hall–Kier alpha value is -2.07. The highest BCUT2D eigenvalue weighted by Crippen LogP contribution is 2.04. The molecule has 0 aliphatic rings. The van der Waals surface area contributed by atoms with E-state index in [1.807, 2.05) is 42.5 Å². The first-order valence-corrected chi connectivity index (χ1v) is 5.92. The summed E-state index contributed by atoms with van der Waals surface area (Å²) in [6.07, 6.45) is 2.43. The van der Waals surface area contributed by atoms with Crippen molar-refractivity contribution < 1.29 is 9.21 Å². The minimum atomic E-state index is -0.0411. The van der Waals surface area contributed by atoms with Crippen molar-refractivity contribution in [3.05, 3.63) is 54.5 Å². The lowest BCUT2D eigenvalue weighted by atomic mass is 10.3. The molecule has 0 unspecified atom stereocenters. The number of furan rings is 1. The van der Waals surface area contributed by atoms with Gasteiger partial charge in [-0.2, -0.15) is 0 Å². The van der Waals surface area contributed by atoms with Crippen molar-refractivity contribution >= 4 is 11.6 Å². The summed E-state index contributed by atoms with van der Waals surface area (Å²) in [7, 11) is 0. The molecule has 4 nitrogen and oxygen atoms in total. The molecular weight excluding hydrogens is 228 g/mol. The van der Waals surface area contributed by atoms with Crippen LogP contribution >= 0.6 is 0 Å². The van der Waals surface area contributed by atoms with Crippen LogP contribution in [0.5, 0.6) is 0 Å². The van der Waals surface area contributed by atoms with Crippen LogP contribution < -0.4 is 10.6 Å². The van der Waals surface area contributed by atoms with E-state index in [0.717, 1.165) is 24.4 Å². The third kappa shape index (κ3) is 4.07. The Bertz CT molecular complexity index is 466. The number of carbonyl (C=O) groups excluding carboxylic acids is 1. The van der Waals surface area contributed by atoms with Gasteiger partial charge in [0.1, 0.15) is 5.76 Å². The Morgan fingerprint density at radius 2 is 1.94 bits per heavy atom. The van der Waals surface area contributed by atoms with Crippen molar-refractivity contribution in [1.82, 2.24) is 5.32 Å². The fraction of sp³-hybridized carbons (Fsp3) is 0.214. The van der Waals surface area contributed by atoms with Crippen LogP contribution in [-0.2, 0) is 11.2 Å². The summed E-state index contributed by atoms with van der Waals surface area (Å²) >= 11 is 0. The maximum absolute atomic E-state index is 11.6. The molecule has 0 fully saturated rings.